The lowest BCUT2D eigenvalue weighted by Gasteiger charge is -2.38. The predicted octanol–water partition coefficient (Wildman–Crippen LogP) is 2.51. The summed E-state index contributed by atoms with van der Waals surface area (Å²) in [7, 11) is 2.23. The number of hydrogen-bond acceptors (Lipinski definition) is 4. The van der Waals surface area contributed by atoms with Gasteiger partial charge in [-0.15, -0.1) is 11.3 Å². The first kappa shape index (κ1) is 14.0. The molecule has 1 aliphatic carbocycles. The molecule has 1 saturated heterocycles. The maximum Gasteiger partial charge on any atom is 0.0471 e. The standard InChI is InChI=1S/C14H22BrN3S/c1-17(7-13-6-11(15)8-19-13)14(9-16)4-5-18(10-14)12-2-3-12/h6,8,12H,2-5,7,9-10,16H2,1H3. The van der Waals surface area contributed by atoms with Gasteiger partial charge in [-0.2, -0.15) is 0 Å². The SMILES string of the molecule is CN(Cc1cc(Br)cs1)C1(CN)CCN(C2CC2)C1. The molecule has 106 valence electrons. The van der Waals surface area contributed by atoms with Gasteiger partial charge in [0.25, 0.3) is 0 Å². The monoisotopic (exact) mass is 343 g/mol. The van der Waals surface area contributed by atoms with Crippen LogP contribution in [-0.4, -0.2) is 48.1 Å². The molecule has 2 fully saturated rings. The topological polar surface area (TPSA) is 32.5 Å². The molecule has 3 rings (SSSR count). The van der Waals surface area contributed by atoms with Gasteiger partial charge < -0.3 is 5.73 Å². The van der Waals surface area contributed by atoms with E-state index in [1.165, 1.54) is 35.2 Å². The molecule has 1 unspecified atom stereocenters. The number of thiophene rings is 1. The molecule has 1 aliphatic heterocycles. The second-order valence-electron chi connectivity index (χ2n) is 5.97. The van der Waals surface area contributed by atoms with E-state index in [4.69, 9.17) is 5.73 Å². The van der Waals surface area contributed by atoms with E-state index in [2.05, 4.69) is 44.2 Å². The minimum Gasteiger partial charge on any atom is -0.329 e. The van der Waals surface area contributed by atoms with Crippen LogP contribution < -0.4 is 5.73 Å². The molecule has 0 bridgehead atoms. The lowest BCUT2D eigenvalue weighted by molar-refractivity contribution is 0.121. The van der Waals surface area contributed by atoms with Crippen LogP contribution >= 0.6 is 27.3 Å². The minimum atomic E-state index is 0.180. The normalized spacial score (nSPS) is 28.4. The van der Waals surface area contributed by atoms with Gasteiger partial charge in [-0.3, -0.25) is 9.80 Å². The summed E-state index contributed by atoms with van der Waals surface area (Å²) in [5.41, 5.74) is 6.32. The molecular weight excluding hydrogens is 322 g/mol. The Kier molecular flexibility index (Phi) is 4.02. The molecule has 2 heterocycles. The summed E-state index contributed by atoms with van der Waals surface area (Å²) in [5.74, 6) is 0. The second kappa shape index (κ2) is 5.45. The first-order chi connectivity index (χ1) is 9.13. The van der Waals surface area contributed by atoms with Gasteiger partial charge >= 0.3 is 0 Å². The van der Waals surface area contributed by atoms with Crippen molar-refractivity contribution < 1.29 is 0 Å². The maximum atomic E-state index is 6.14. The van der Waals surface area contributed by atoms with Crippen LogP contribution in [0.2, 0.25) is 0 Å². The zero-order valence-corrected chi connectivity index (χ0v) is 13.8. The fourth-order valence-electron chi connectivity index (χ4n) is 3.11. The maximum absolute atomic E-state index is 6.14. The molecule has 1 aromatic rings. The number of rotatable bonds is 5. The largest absolute Gasteiger partial charge is 0.329 e. The molecule has 0 radical (unpaired) electrons. The minimum absolute atomic E-state index is 0.180. The van der Waals surface area contributed by atoms with Crippen LogP contribution in [0.25, 0.3) is 0 Å². The van der Waals surface area contributed by atoms with E-state index in [0.29, 0.717) is 0 Å². The summed E-state index contributed by atoms with van der Waals surface area (Å²) in [5, 5.41) is 2.16. The summed E-state index contributed by atoms with van der Waals surface area (Å²) in [6.07, 6.45) is 3.99. The van der Waals surface area contributed by atoms with E-state index < -0.39 is 0 Å². The van der Waals surface area contributed by atoms with Crippen molar-refractivity contribution in [3.05, 3.63) is 20.8 Å². The fourth-order valence-corrected chi connectivity index (χ4v) is 4.61. The molecule has 2 N–H and O–H groups in total. The molecule has 0 aromatic carbocycles. The van der Waals surface area contributed by atoms with E-state index in [0.717, 1.165) is 25.7 Å². The van der Waals surface area contributed by atoms with Crippen LogP contribution in [0.4, 0.5) is 0 Å². The zero-order valence-electron chi connectivity index (χ0n) is 11.4. The van der Waals surface area contributed by atoms with Gasteiger partial charge in [0.1, 0.15) is 0 Å². The van der Waals surface area contributed by atoms with Crippen LogP contribution in [0, 0.1) is 0 Å². The van der Waals surface area contributed by atoms with E-state index in [1.54, 1.807) is 0 Å². The third-order valence-corrected chi connectivity index (χ3v) is 6.31. The molecular formula is C14H22BrN3S. The highest BCUT2D eigenvalue weighted by atomic mass is 79.9. The summed E-state index contributed by atoms with van der Waals surface area (Å²) in [6.45, 7) is 4.14. The van der Waals surface area contributed by atoms with Crippen molar-refractivity contribution in [1.29, 1.82) is 0 Å². The highest BCUT2D eigenvalue weighted by Gasteiger charge is 2.44. The smallest absolute Gasteiger partial charge is 0.0471 e. The number of hydrogen-bond donors (Lipinski definition) is 1. The summed E-state index contributed by atoms with van der Waals surface area (Å²) in [4.78, 5) is 6.54. The van der Waals surface area contributed by atoms with Gasteiger partial charge in [-0.1, -0.05) is 0 Å². The van der Waals surface area contributed by atoms with Gasteiger partial charge in [0.2, 0.25) is 0 Å². The quantitative estimate of drug-likeness (QED) is 0.891. The molecule has 2 aliphatic rings. The number of nitrogens with zero attached hydrogens (tertiary/aromatic N) is 2. The van der Waals surface area contributed by atoms with Crippen LogP contribution in [0.5, 0.6) is 0 Å². The third kappa shape index (κ3) is 2.90. The number of likely N-dealkylation sites (N-methyl/N-ethyl adjacent to an activating group) is 1. The molecule has 1 aromatic heterocycles. The molecule has 0 spiro atoms. The number of likely N-dealkylation sites (tertiary alicyclic amines) is 1. The Balaban J connectivity index is 1.67. The average Bonchev–Trinajstić information content (AvgIpc) is 3.02. The van der Waals surface area contributed by atoms with E-state index in [1.807, 2.05) is 11.3 Å². The molecule has 0 amide bonds. The summed E-state index contributed by atoms with van der Waals surface area (Å²) >= 11 is 5.35. The highest BCUT2D eigenvalue weighted by molar-refractivity contribution is 9.10. The first-order valence-corrected chi connectivity index (χ1v) is 8.68. The Bertz CT molecular complexity index is 446. The van der Waals surface area contributed by atoms with Crippen molar-refractivity contribution in [1.82, 2.24) is 9.80 Å². The Morgan fingerprint density at radius 2 is 2.37 bits per heavy atom. The van der Waals surface area contributed by atoms with E-state index in [9.17, 15) is 0 Å². The van der Waals surface area contributed by atoms with Crippen LogP contribution in [0.3, 0.4) is 0 Å². The van der Waals surface area contributed by atoms with E-state index >= 15 is 0 Å². The van der Waals surface area contributed by atoms with Crippen molar-refractivity contribution in [3.63, 3.8) is 0 Å². The Morgan fingerprint density at radius 1 is 1.58 bits per heavy atom. The van der Waals surface area contributed by atoms with Gasteiger partial charge in [-0.25, -0.2) is 0 Å². The van der Waals surface area contributed by atoms with Gasteiger partial charge in [0.15, 0.2) is 0 Å². The lowest BCUT2D eigenvalue weighted by atomic mass is 9.96. The first-order valence-electron chi connectivity index (χ1n) is 7.01. The molecule has 3 nitrogen and oxygen atoms in total. The van der Waals surface area contributed by atoms with Crippen LogP contribution in [-0.2, 0) is 6.54 Å². The van der Waals surface area contributed by atoms with Crippen molar-refractivity contribution in [2.75, 3.05) is 26.7 Å². The van der Waals surface area contributed by atoms with Crippen molar-refractivity contribution in [3.8, 4) is 0 Å². The fraction of sp³-hybridized carbons (Fsp3) is 0.714. The summed E-state index contributed by atoms with van der Waals surface area (Å²) in [6, 6.07) is 3.08. The number of nitrogens with two attached hydrogens (primary N) is 1. The van der Waals surface area contributed by atoms with E-state index in [-0.39, 0.29) is 5.54 Å². The Morgan fingerprint density at radius 3 is 2.95 bits per heavy atom. The van der Waals surface area contributed by atoms with Crippen LogP contribution in [0.1, 0.15) is 24.1 Å². The molecule has 1 saturated carbocycles. The van der Waals surface area contributed by atoms with Gasteiger partial charge in [0, 0.05) is 52.5 Å². The third-order valence-electron chi connectivity index (χ3n) is 4.63. The van der Waals surface area contributed by atoms with Gasteiger partial charge in [0.05, 0.1) is 0 Å². The average molecular weight is 344 g/mol. The Hall–Kier alpha value is 0.0600. The van der Waals surface area contributed by atoms with Gasteiger partial charge in [-0.05, 0) is 48.3 Å². The zero-order chi connectivity index (χ0) is 13.5. The second-order valence-corrected chi connectivity index (χ2v) is 7.88. The lowest BCUT2D eigenvalue weighted by Crippen LogP contribution is -2.53. The predicted molar refractivity (Wildman–Crippen MR) is 84.5 cm³/mol. The van der Waals surface area contributed by atoms with Crippen molar-refractivity contribution in [2.24, 2.45) is 5.73 Å². The highest BCUT2D eigenvalue weighted by Crippen LogP contribution is 2.36. The molecule has 19 heavy (non-hydrogen) atoms. The van der Waals surface area contributed by atoms with Crippen LogP contribution in [0.15, 0.2) is 15.9 Å². The molecule has 1 atom stereocenters. The number of halogens is 1. The van der Waals surface area contributed by atoms with Crippen molar-refractivity contribution in [2.45, 2.75) is 37.4 Å². The van der Waals surface area contributed by atoms with Crippen molar-refractivity contribution >= 4 is 27.3 Å². The summed E-state index contributed by atoms with van der Waals surface area (Å²) < 4.78 is 1.19. The molecule has 5 heteroatoms. The Labute approximate surface area is 127 Å².